The van der Waals surface area contributed by atoms with Gasteiger partial charge in [-0.1, -0.05) is 20.8 Å². The molecule has 0 N–H and O–H groups in total. The van der Waals surface area contributed by atoms with Crippen molar-refractivity contribution >= 4 is 5.91 Å². The fourth-order valence-corrected chi connectivity index (χ4v) is 3.36. The molecule has 22 heavy (non-hydrogen) atoms. The molecule has 0 atom stereocenters. The highest BCUT2D eigenvalue weighted by molar-refractivity contribution is 5.76. The second-order valence-electron chi connectivity index (χ2n) is 6.42. The second kappa shape index (κ2) is 11.9. The molecule has 1 amide bonds. The summed E-state index contributed by atoms with van der Waals surface area (Å²) in [5, 5.41) is 4.46. The van der Waals surface area contributed by atoms with Gasteiger partial charge in [0.2, 0.25) is 5.91 Å². The minimum atomic E-state index is 0.346. The third-order valence-electron chi connectivity index (χ3n) is 4.44. The molecule has 0 aromatic carbocycles. The first-order valence-corrected chi connectivity index (χ1v) is 9.37. The lowest BCUT2D eigenvalue weighted by Crippen LogP contribution is -2.42. The fraction of sp³-hybridized carbons (Fsp3) is 0.944. The maximum atomic E-state index is 12.3. The molecule has 1 saturated heterocycles. The summed E-state index contributed by atoms with van der Waals surface area (Å²) in [6, 6.07) is 0.690. The van der Waals surface area contributed by atoms with Crippen molar-refractivity contribution in [3.05, 3.63) is 0 Å². The van der Waals surface area contributed by atoms with E-state index in [4.69, 9.17) is 0 Å². The number of rotatable bonds is 11. The molecule has 1 aliphatic rings. The SMILES string of the molecule is CCCN(CCC)C(=O)CCCN(CCC)C1CC[N]CC1. The van der Waals surface area contributed by atoms with E-state index in [-0.39, 0.29) is 0 Å². The van der Waals surface area contributed by atoms with Gasteiger partial charge in [-0.2, -0.15) is 0 Å². The van der Waals surface area contributed by atoms with Crippen LogP contribution in [0.15, 0.2) is 0 Å². The van der Waals surface area contributed by atoms with Crippen molar-refractivity contribution in [2.75, 3.05) is 39.3 Å². The van der Waals surface area contributed by atoms with Gasteiger partial charge < -0.3 is 9.80 Å². The highest BCUT2D eigenvalue weighted by Gasteiger charge is 2.21. The van der Waals surface area contributed by atoms with Gasteiger partial charge in [0.25, 0.3) is 0 Å². The Bertz CT molecular complexity index is 284. The summed E-state index contributed by atoms with van der Waals surface area (Å²) in [4.78, 5) is 17.0. The summed E-state index contributed by atoms with van der Waals surface area (Å²) < 4.78 is 0. The smallest absolute Gasteiger partial charge is 0.222 e. The summed E-state index contributed by atoms with van der Waals surface area (Å²) in [5.41, 5.74) is 0. The number of amides is 1. The number of hydrogen-bond donors (Lipinski definition) is 0. The van der Waals surface area contributed by atoms with Crippen LogP contribution in [0.5, 0.6) is 0 Å². The Labute approximate surface area is 137 Å². The number of carbonyl (C=O) groups excluding carboxylic acids is 1. The fourth-order valence-electron chi connectivity index (χ4n) is 3.36. The van der Waals surface area contributed by atoms with E-state index >= 15 is 0 Å². The predicted octanol–water partition coefficient (Wildman–Crippen LogP) is 2.89. The lowest BCUT2D eigenvalue weighted by atomic mass is 10.0. The molecule has 0 bridgehead atoms. The van der Waals surface area contributed by atoms with Gasteiger partial charge >= 0.3 is 0 Å². The topological polar surface area (TPSA) is 37.7 Å². The van der Waals surface area contributed by atoms with Gasteiger partial charge in [-0.25, -0.2) is 5.32 Å². The summed E-state index contributed by atoms with van der Waals surface area (Å²) in [7, 11) is 0. The van der Waals surface area contributed by atoms with Crippen LogP contribution in [0, 0.1) is 0 Å². The molecule has 0 spiro atoms. The van der Waals surface area contributed by atoms with Crippen LogP contribution in [0.3, 0.4) is 0 Å². The van der Waals surface area contributed by atoms with Crippen LogP contribution in [-0.4, -0.2) is 61.0 Å². The lowest BCUT2D eigenvalue weighted by Gasteiger charge is -2.34. The van der Waals surface area contributed by atoms with E-state index in [0.29, 0.717) is 18.4 Å². The molecule has 1 aliphatic heterocycles. The van der Waals surface area contributed by atoms with Gasteiger partial charge in [0, 0.05) is 38.6 Å². The van der Waals surface area contributed by atoms with Gasteiger partial charge in [0.05, 0.1) is 0 Å². The molecule has 4 heteroatoms. The minimum absolute atomic E-state index is 0.346. The molecule has 0 aromatic heterocycles. The molecule has 1 fully saturated rings. The van der Waals surface area contributed by atoms with E-state index in [9.17, 15) is 4.79 Å². The van der Waals surface area contributed by atoms with Gasteiger partial charge in [0.15, 0.2) is 0 Å². The third kappa shape index (κ3) is 7.10. The van der Waals surface area contributed by atoms with Crippen molar-refractivity contribution in [1.82, 2.24) is 15.1 Å². The Hall–Kier alpha value is -0.610. The summed E-state index contributed by atoms with van der Waals surface area (Å²) in [6.45, 7) is 12.6. The van der Waals surface area contributed by atoms with E-state index in [2.05, 4.69) is 31.0 Å². The molecule has 1 rings (SSSR count). The normalized spacial score (nSPS) is 16.2. The van der Waals surface area contributed by atoms with Gasteiger partial charge in [0.1, 0.15) is 0 Å². The molecule has 0 unspecified atom stereocenters. The van der Waals surface area contributed by atoms with Crippen LogP contribution in [0.4, 0.5) is 0 Å². The van der Waals surface area contributed by atoms with Crippen molar-refractivity contribution < 1.29 is 4.79 Å². The molecular formula is C18H36N3O. The molecule has 0 saturated carbocycles. The molecule has 1 radical (unpaired) electrons. The van der Waals surface area contributed by atoms with Crippen LogP contribution in [0.1, 0.15) is 65.7 Å². The Balaban J connectivity index is 2.35. The molecule has 4 nitrogen and oxygen atoms in total. The molecule has 0 aliphatic carbocycles. The third-order valence-corrected chi connectivity index (χ3v) is 4.44. The lowest BCUT2D eigenvalue weighted by molar-refractivity contribution is -0.131. The van der Waals surface area contributed by atoms with Gasteiger partial charge in [-0.05, 0) is 51.6 Å². The standard InChI is InChI=1S/C18H36N3O/c1-4-13-20(17-9-11-19-12-10-17)16-7-8-18(22)21(14-5-2)15-6-3/h17H,4-16H2,1-3H3. The number of carbonyl (C=O) groups is 1. The van der Waals surface area contributed by atoms with Crippen molar-refractivity contribution in [1.29, 1.82) is 0 Å². The van der Waals surface area contributed by atoms with Crippen molar-refractivity contribution in [2.45, 2.75) is 71.8 Å². The monoisotopic (exact) mass is 310 g/mol. The zero-order valence-electron chi connectivity index (χ0n) is 15.0. The van der Waals surface area contributed by atoms with E-state index in [1.165, 1.54) is 19.3 Å². The van der Waals surface area contributed by atoms with E-state index in [0.717, 1.165) is 58.5 Å². The van der Waals surface area contributed by atoms with E-state index < -0.39 is 0 Å². The average Bonchev–Trinajstić information content (AvgIpc) is 2.54. The summed E-state index contributed by atoms with van der Waals surface area (Å²) in [5.74, 6) is 0.346. The molecular weight excluding hydrogens is 274 g/mol. The van der Waals surface area contributed by atoms with Crippen molar-refractivity contribution in [2.24, 2.45) is 0 Å². The molecule has 0 aromatic rings. The first kappa shape index (κ1) is 19.4. The van der Waals surface area contributed by atoms with Crippen LogP contribution >= 0.6 is 0 Å². The van der Waals surface area contributed by atoms with Crippen LogP contribution < -0.4 is 5.32 Å². The molecule has 129 valence electrons. The van der Waals surface area contributed by atoms with Crippen molar-refractivity contribution in [3.63, 3.8) is 0 Å². The first-order chi connectivity index (χ1) is 10.7. The average molecular weight is 311 g/mol. The largest absolute Gasteiger partial charge is 0.343 e. The Morgan fingerprint density at radius 1 is 0.955 bits per heavy atom. The highest BCUT2D eigenvalue weighted by Crippen LogP contribution is 2.14. The maximum absolute atomic E-state index is 12.3. The summed E-state index contributed by atoms with van der Waals surface area (Å²) in [6.07, 6.45) is 7.41. The number of nitrogens with zero attached hydrogens (tertiary/aromatic N) is 3. The van der Waals surface area contributed by atoms with Gasteiger partial charge in [-0.3, -0.25) is 4.79 Å². The Kier molecular flexibility index (Phi) is 10.5. The Morgan fingerprint density at radius 3 is 2.09 bits per heavy atom. The summed E-state index contributed by atoms with van der Waals surface area (Å²) >= 11 is 0. The minimum Gasteiger partial charge on any atom is -0.343 e. The second-order valence-corrected chi connectivity index (χ2v) is 6.42. The number of hydrogen-bond acceptors (Lipinski definition) is 2. The maximum Gasteiger partial charge on any atom is 0.222 e. The Morgan fingerprint density at radius 2 is 1.55 bits per heavy atom. The van der Waals surface area contributed by atoms with Crippen molar-refractivity contribution in [3.8, 4) is 0 Å². The predicted molar refractivity (Wildman–Crippen MR) is 93.2 cm³/mol. The zero-order valence-corrected chi connectivity index (χ0v) is 15.0. The van der Waals surface area contributed by atoms with E-state index in [1.54, 1.807) is 0 Å². The van der Waals surface area contributed by atoms with Gasteiger partial charge in [-0.15, -0.1) is 0 Å². The van der Waals surface area contributed by atoms with E-state index in [1.807, 2.05) is 4.90 Å². The van der Waals surface area contributed by atoms with Crippen LogP contribution in [0.2, 0.25) is 0 Å². The quantitative estimate of drug-likeness (QED) is 0.588. The zero-order chi connectivity index (χ0) is 16.2. The number of piperidine rings is 1. The molecule has 1 heterocycles. The van der Waals surface area contributed by atoms with Crippen LogP contribution in [-0.2, 0) is 4.79 Å². The van der Waals surface area contributed by atoms with Crippen LogP contribution in [0.25, 0.3) is 0 Å². The highest BCUT2D eigenvalue weighted by atomic mass is 16.2. The first-order valence-electron chi connectivity index (χ1n) is 9.37.